The molecule has 0 bridgehead atoms. The summed E-state index contributed by atoms with van der Waals surface area (Å²) >= 11 is 5.89. The number of hydrogen-bond acceptors (Lipinski definition) is 3. The van der Waals surface area contributed by atoms with E-state index in [0.29, 0.717) is 16.8 Å². The summed E-state index contributed by atoms with van der Waals surface area (Å²) in [6.07, 6.45) is 4.78. The second-order valence-corrected chi connectivity index (χ2v) is 6.16. The van der Waals surface area contributed by atoms with Gasteiger partial charge in [-0.15, -0.1) is 10.2 Å². The first kappa shape index (κ1) is 15.0. The highest BCUT2D eigenvalue weighted by molar-refractivity contribution is 6.30. The van der Waals surface area contributed by atoms with Crippen molar-refractivity contribution in [2.45, 2.75) is 19.3 Å². The lowest BCUT2D eigenvalue weighted by molar-refractivity contribution is 0.497. The van der Waals surface area contributed by atoms with Gasteiger partial charge in [0, 0.05) is 34.1 Å². The highest BCUT2D eigenvalue weighted by atomic mass is 35.5. The summed E-state index contributed by atoms with van der Waals surface area (Å²) in [5, 5.41) is 10.2. The Morgan fingerprint density at radius 3 is 2.67 bits per heavy atom. The normalized spacial score (nSPS) is 11.2. The summed E-state index contributed by atoms with van der Waals surface area (Å²) < 4.78 is 5.74. The molecule has 120 valence electrons. The number of para-hydroxylation sites is 1. The van der Waals surface area contributed by atoms with E-state index in [9.17, 15) is 0 Å². The predicted molar refractivity (Wildman–Crippen MR) is 95.1 cm³/mol. The van der Waals surface area contributed by atoms with Gasteiger partial charge in [-0.05, 0) is 48.7 Å². The molecule has 0 amide bonds. The fraction of sp³-hybridized carbons (Fsp3) is 0.158. The van der Waals surface area contributed by atoms with Gasteiger partial charge in [0.1, 0.15) is 0 Å². The van der Waals surface area contributed by atoms with Crippen LogP contribution in [0.2, 0.25) is 5.02 Å². The van der Waals surface area contributed by atoms with Crippen LogP contribution < -0.4 is 0 Å². The summed E-state index contributed by atoms with van der Waals surface area (Å²) in [7, 11) is 0. The van der Waals surface area contributed by atoms with Crippen molar-refractivity contribution < 1.29 is 4.42 Å². The molecule has 4 rings (SSSR count). The Bertz CT molecular complexity index is 956. The Morgan fingerprint density at radius 2 is 1.79 bits per heavy atom. The van der Waals surface area contributed by atoms with E-state index in [2.05, 4.69) is 39.6 Å². The summed E-state index contributed by atoms with van der Waals surface area (Å²) in [4.78, 5) is 3.30. The standard InChI is InChI=1S/C19H16ClN3O/c20-15-10-8-13(9-11-15)19-23-22-18(24-19)7-3-4-14-12-21-17-6-2-1-5-16(14)17/h1-2,5-6,8-12,21H,3-4,7H2. The molecule has 24 heavy (non-hydrogen) atoms. The quantitative estimate of drug-likeness (QED) is 0.554. The molecular weight excluding hydrogens is 322 g/mol. The van der Waals surface area contributed by atoms with Gasteiger partial charge in [0.2, 0.25) is 11.8 Å². The first-order valence-corrected chi connectivity index (χ1v) is 8.31. The Hall–Kier alpha value is -2.59. The van der Waals surface area contributed by atoms with E-state index in [0.717, 1.165) is 24.8 Å². The van der Waals surface area contributed by atoms with E-state index in [4.69, 9.17) is 16.0 Å². The van der Waals surface area contributed by atoms with Crippen LogP contribution in [0.4, 0.5) is 0 Å². The molecule has 4 nitrogen and oxygen atoms in total. The smallest absolute Gasteiger partial charge is 0.247 e. The van der Waals surface area contributed by atoms with Crippen LogP contribution in [0, 0.1) is 0 Å². The van der Waals surface area contributed by atoms with Crippen LogP contribution in [0.25, 0.3) is 22.4 Å². The molecular formula is C19H16ClN3O. The van der Waals surface area contributed by atoms with Crippen molar-refractivity contribution >= 4 is 22.5 Å². The van der Waals surface area contributed by atoms with Crippen LogP contribution in [-0.4, -0.2) is 15.2 Å². The van der Waals surface area contributed by atoms with E-state index >= 15 is 0 Å². The third kappa shape index (κ3) is 3.05. The van der Waals surface area contributed by atoms with Crippen LogP contribution in [-0.2, 0) is 12.8 Å². The Labute approximate surface area is 144 Å². The number of aromatic amines is 1. The predicted octanol–water partition coefficient (Wildman–Crippen LogP) is 5.05. The Balaban J connectivity index is 1.41. The maximum atomic E-state index is 5.89. The number of benzene rings is 2. The minimum Gasteiger partial charge on any atom is -0.421 e. The summed E-state index contributed by atoms with van der Waals surface area (Å²) in [6, 6.07) is 15.7. The Morgan fingerprint density at radius 1 is 0.958 bits per heavy atom. The molecule has 2 heterocycles. The average molecular weight is 338 g/mol. The minimum absolute atomic E-state index is 0.536. The first-order valence-electron chi connectivity index (χ1n) is 7.93. The van der Waals surface area contributed by atoms with Crippen LogP contribution in [0.1, 0.15) is 17.9 Å². The summed E-state index contributed by atoms with van der Waals surface area (Å²) in [5.74, 6) is 1.20. The van der Waals surface area contributed by atoms with E-state index < -0.39 is 0 Å². The lowest BCUT2D eigenvalue weighted by atomic mass is 10.1. The van der Waals surface area contributed by atoms with Crippen molar-refractivity contribution in [2.75, 3.05) is 0 Å². The zero-order valence-corrected chi connectivity index (χ0v) is 13.8. The van der Waals surface area contributed by atoms with Gasteiger partial charge in [-0.25, -0.2) is 0 Å². The van der Waals surface area contributed by atoms with Gasteiger partial charge in [0.05, 0.1) is 0 Å². The second-order valence-electron chi connectivity index (χ2n) is 5.72. The second kappa shape index (κ2) is 6.49. The van der Waals surface area contributed by atoms with Crippen LogP contribution in [0.15, 0.2) is 59.1 Å². The van der Waals surface area contributed by atoms with Crippen molar-refractivity contribution in [3.8, 4) is 11.5 Å². The largest absolute Gasteiger partial charge is 0.421 e. The number of aryl methyl sites for hydroxylation is 2. The van der Waals surface area contributed by atoms with Crippen molar-refractivity contribution in [2.24, 2.45) is 0 Å². The number of halogens is 1. The first-order chi connectivity index (χ1) is 11.8. The highest BCUT2D eigenvalue weighted by Crippen LogP contribution is 2.22. The molecule has 4 aromatic rings. The van der Waals surface area contributed by atoms with E-state index in [1.165, 1.54) is 16.5 Å². The van der Waals surface area contributed by atoms with Gasteiger partial charge in [0.25, 0.3) is 0 Å². The molecule has 0 aliphatic rings. The van der Waals surface area contributed by atoms with Gasteiger partial charge >= 0.3 is 0 Å². The van der Waals surface area contributed by atoms with Gasteiger partial charge in [-0.2, -0.15) is 0 Å². The monoisotopic (exact) mass is 337 g/mol. The molecule has 0 fully saturated rings. The van der Waals surface area contributed by atoms with Crippen LogP contribution in [0.3, 0.4) is 0 Å². The maximum absolute atomic E-state index is 5.89. The number of hydrogen-bond donors (Lipinski definition) is 1. The van der Waals surface area contributed by atoms with Crippen molar-refractivity contribution in [3.05, 3.63) is 71.2 Å². The molecule has 0 saturated carbocycles. The SMILES string of the molecule is Clc1ccc(-c2nnc(CCCc3c[nH]c4ccccc34)o2)cc1. The zero-order chi connectivity index (χ0) is 16.4. The average Bonchev–Trinajstić information content (AvgIpc) is 3.23. The minimum atomic E-state index is 0.536. The van der Waals surface area contributed by atoms with Gasteiger partial charge in [-0.1, -0.05) is 29.8 Å². The number of H-pyrrole nitrogens is 1. The van der Waals surface area contributed by atoms with Gasteiger partial charge in [-0.3, -0.25) is 0 Å². The fourth-order valence-electron chi connectivity index (χ4n) is 2.83. The number of rotatable bonds is 5. The maximum Gasteiger partial charge on any atom is 0.247 e. The van der Waals surface area contributed by atoms with E-state index in [1.807, 2.05) is 30.3 Å². The molecule has 0 atom stereocenters. The molecule has 0 radical (unpaired) electrons. The van der Waals surface area contributed by atoms with Crippen molar-refractivity contribution in [1.29, 1.82) is 0 Å². The molecule has 1 N–H and O–H groups in total. The van der Waals surface area contributed by atoms with Gasteiger partial charge < -0.3 is 9.40 Å². The number of fused-ring (bicyclic) bond motifs is 1. The van der Waals surface area contributed by atoms with Gasteiger partial charge in [0.15, 0.2) is 0 Å². The lowest BCUT2D eigenvalue weighted by Crippen LogP contribution is -1.89. The number of nitrogens with one attached hydrogen (secondary N) is 1. The van der Waals surface area contributed by atoms with Crippen molar-refractivity contribution in [1.82, 2.24) is 15.2 Å². The summed E-state index contributed by atoms with van der Waals surface area (Å²) in [6.45, 7) is 0. The molecule has 2 aromatic carbocycles. The fourth-order valence-corrected chi connectivity index (χ4v) is 2.96. The number of aromatic nitrogens is 3. The molecule has 0 aliphatic carbocycles. The third-order valence-corrected chi connectivity index (χ3v) is 4.32. The van der Waals surface area contributed by atoms with E-state index in [-0.39, 0.29) is 0 Å². The highest BCUT2D eigenvalue weighted by Gasteiger charge is 2.09. The lowest BCUT2D eigenvalue weighted by Gasteiger charge is -1.98. The Kier molecular flexibility index (Phi) is 4.05. The molecule has 0 saturated heterocycles. The molecule has 0 aliphatic heterocycles. The number of nitrogens with zero attached hydrogens (tertiary/aromatic N) is 2. The molecule has 0 spiro atoms. The molecule has 5 heteroatoms. The van der Waals surface area contributed by atoms with Crippen molar-refractivity contribution in [3.63, 3.8) is 0 Å². The third-order valence-electron chi connectivity index (χ3n) is 4.07. The molecule has 2 aromatic heterocycles. The van der Waals surface area contributed by atoms with E-state index in [1.54, 1.807) is 0 Å². The van der Waals surface area contributed by atoms with Crippen LogP contribution >= 0.6 is 11.6 Å². The molecule has 0 unspecified atom stereocenters. The topological polar surface area (TPSA) is 54.7 Å². The zero-order valence-electron chi connectivity index (χ0n) is 13.0. The van der Waals surface area contributed by atoms with Crippen LogP contribution in [0.5, 0.6) is 0 Å². The summed E-state index contributed by atoms with van der Waals surface area (Å²) in [5.41, 5.74) is 3.38.